The first-order valence-electron chi connectivity index (χ1n) is 7.55. The average molecular weight is 342 g/mol. The van der Waals surface area contributed by atoms with Crippen molar-refractivity contribution in [2.45, 2.75) is 19.8 Å². The van der Waals surface area contributed by atoms with Crippen LogP contribution in [0, 0.1) is 6.92 Å². The van der Waals surface area contributed by atoms with Crippen LogP contribution in [0.1, 0.15) is 23.5 Å². The van der Waals surface area contributed by atoms with Gasteiger partial charge in [-0.05, 0) is 19.1 Å². The number of thiazole rings is 1. The highest BCUT2D eigenvalue weighted by atomic mass is 32.1. The Hall–Kier alpha value is -2.74. The van der Waals surface area contributed by atoms with Gasteiger partial charge in [-0.2, -0.15) is 5.10 Å². The number of urea groups is 1. The number of pyridine rings is 1. The number of anilines is 1. The van der Waals surface area contributed by atoms with E-state index in [0.29, 0.717) is 17.9 Å². The number of aryl methyl sites for hydroxylation is 1. The summed E-state index contributed by atoms with van der Waals surface area (Å²) >= 11 is 1.61. The molecule has 7 nitrogen and oxygen atoms in total. The summed E-state index contributed by atoms with van der Waals surface area (Å²) in [5, 5.41) is 15.5. The number of H-pyrrole nitrogens is 1. The van der Waals surface area contributed by atoms with Gasteiger partial charge in [0.1, 0.15) is 5.69 Å². The molecule has 1 atom stereocenters. The molecule has 0 unspecified atom stereocenters. The number of aromatic nitrogens is 4. The number of hydrogen-bond donors (Lipinski definition) is 3. The van der Waals surface area contributed by atoms with Gasteiger partial charge in [0.2, 0.25) is 0 Å². The van der Waals surface area contributed by atoms with Crippen LogP contribution in [-0.4, -0.2) is 32.7 Å². The lowest BCUT2D eigenvalue weighted by molar-refractivity contribution is 0.251. The smallest absolute Gasteiger partial charge is 0.319 e. The second kappa shape index (κ2) is 7.22. The highest BCUT2D eigenvalue weighted by molar-refractivity contribution is 7.09. The Morgan fingerprint density at radius 2 is 2.29 bits per heavy atom. The van der Waals surface area contributed by atoms with E-state index in [4.69, 9.17) is 0 Å². The third-order valence-electron chi connectivity index (χ3n) is 3.44. The Labute approximate surface area is 143 Å². The first-order valence-corrected chi connectivity index (χ1v) is 8.43. The number of hydrogen-bond acceptors (Lipinski definition) is 5. The molecule has 24 heavy (non-hydrogen) atoms. The molecule has 3 aromatic rings. The number of rotatable bonds is 5. The van der Waals surface area contributed by atoms with Gasteiger partial charge < -0.3 is 10.6 Å². The molecule has 0 spiro atoms. The second-order valence-corrected chi connectivity index (χ2v) is 6.33. The van der Waals surface area contributed by atoms with E-state index < -0.39 is 0 Å². The number of aromatic amines is 1. The van der Waals surface area contributed by atoms with Crippen LogP contribution in [0.4, 0.5) is 10.5 Å². The van der Waals surface area contributed by atoms with Crippen molar-refractivity contribution in [2.24, 2.45) is 0 Å². The molecule has 0 saturated carbocycles. The topological polar surface area (TPSA) is 95.6 Å². The molecule has 3 N–H and O–H groups in total. The molecule has 0 aliphatic rings. The molecule has 8 heteroatoms. The van der Waals surface area contributed by atoms with Crippen LogP contribution in [0.15, 0.2) is 36.0 Å². The first kappa shape index (κ1) is 16.1. The number of amides is 2. The van der Waals surface area contributed by atoms with Crippen LogP contribution in [0.2, 0.25) is 0 Å². The van der Waals surface area contributed by atoms with E-state index in [1.54, 1.807) is 23.7 Å². The van der Waals surface area contributed by atoms with Gasteiger partial charge in [0.15, 0.2) is 0 Å². The summed E-state index contributed by atoms with van der Waals surface area (Å²) in [6.07, 6.45) is 3.26. The van der Waals surface area contributed by atoms with E-state index in [0.717, 1.165) is 16.4 Å². The highest BCUT2D eigenvalue weighted by Crippen LogP contribution is 2.23. The summed E-state index contributed by atoms with van der Waals surface area (Å²) in [6.45, 7) is 4.51. The fourth-order valence-corrected chi connectivity index (χ4v) is 3.04. The Morgan fingerprint density at radius 3 is 3.00 bits per heavy atom. The summed E-state index contributed by atoms with van der Waals surface area (Å²) in [7, 11) is 0. The van der Waals surface area contributed by atoms with Gasteiger partial charge in [-0.25, -0.2) is 9.78 Å². The van der Waals surface area contributed by atoms with E-state index in [-0.39, 0.29) is 11.9 Å². The van der Waals surface area contributed by atoms with Gasteiger partial charge in [-0.3, -0.25) is 10.1 Å². The third kappa shape index (κ3) is 3.77. The minimum atomic E-state index is -0.284. The van der Waals surface area contributed by atoms with Gasteiger partial charge in [0.25, 0.3) is 0 Å². The molecule has 3 aromatic heterocycles. The molecular formula is C16H18N6OS. The van der Waals surface area contributed by atoms with Gasteiger partial charge in [0, 0.05) is 29.7 Å². The maximum Gasteiger partial charge on any atom is 0.319 e. The summed E-state index contributed by atoms with van der Waals surface area (Å²) in [4.78, 5) is 20.8. The zero-order chi connectivity index (χ0) is 16.9. The first-order chi connectivity index (χ1) is 11.6. The Balaban J connectivity index is 1.59. The number of carbonyl (C=O) groups excluding carboxylic acids is 1. The number of nitrogens with zero attached hydrogens (tertiary/aromatic N) is 3. The number of nitrogens with one attached hydrogen (secondary N) is 3. The zero-order valence-corrected chi connectivity index (χ0v) is 14.2. The fraction of sp³-hybridized carbons (Fsp3) is 0.250. The quantitative estimate of drug-likeness (QED) is 0.663. The van der Waals surface area contributed by atoms with E-state index in [9.17, 15) is 4.79 Å². The predicted molar refractivity (Wildman–Crippen MR) is 94.1 cm³/mol. The van der Waals surface area contributed by atoms with Crippen molar-refractivity contribution in [3.63, 3.8) is 0 Å². The van der Waals surface area contributed by atoms with Gasteiger partial charge >= 0.3 is 6.03 Å². The van der Waals surface area contributed by atoms with Crippen LogP contribution in [0.3, 0.4) is 0 Å². The Bertz CT molecular complexity index is 813. The Kier molecular flexibility index (Phi) is 4.85. The third-order valence-corrected chi connectivity index (χ3v) is 4.63. The van der Waals surface area contributed by atoms with E-state index >= 15 is 0 Å². The van der Waals surface area contributed by atoms with E-state index in [1.165, 1.54) is 0 Å². The van der Waals surface area contributed by atoms with Gasteiger partial charge in [-0.15, -0.1) is 11.3 Å². The molecule has 0 fully saturated rings. The molecule has 0 aromatic carbocycles. The SMILES string of the molecule is Cc1csc([C@@H](C)CNC(=O)Nc2cn[nH]c2-c2ccccn2)n1. The predicted octanol–water partition coefficient (Wildman–Crippen LogP) is 3.16. The zero-order valence-electron chi connectivity index (χ0n) is 13.4. The maximum atomic E-state index is 12.1. The van der Waals surface area contributed by atoms with Crippen molar-refractivity contribution >= 4 is 23.1 Å². The van der Waals surface area contributed by atoms with Crippen LogP contribution >= 0.6 is 11.3 Å². The standard InChI is InChI=1S/C16H18N6OS/c1-10(15-20-11(2)9-24-15)7-18-16(23)21-13-8-19-22-14(13)12-5-3-4-6-17-12/h3-6,8-10H,7H2,1-2H3,(H,19,22)(H2,18,21,23)/t10-/m0/s1. The normalized spacial score (nSPS) is 11.9. The lowest BCUT2D eigenvalue weighted by Gasteiger charge is -2.11. The van der Waals surface area contributed by atoms with Crippen molar-refractivity contribution in [1.82, 2.24) is 25.5 Å². The molecule has 0 radical (unpaired) electrons. The minimum Gasteiger partial charge on any atom is -0.337 e. The highest BCUT2D eigenvalue weighted by Gasteiger charge is 2.14. The van der Waals surface area contributed by atoms with Gasteiger partial charge in [0.05, 0.1) is 22.6 Å². The molecule has 0 saturated heterocycles. The summed E-state index contributed by atoms with van der Waals surface area (Å²) in [5.41, 5.74) is 2.99. The van der Waals surface area contributed by atoms with E-state index in [1.807, 2.05) is 37.4 Å². The summed E-state index contributed by atoms with van der Waals surface area (Å²) < 4.78 is 0. The van der Waals surface area contributed by atoms with Crippen molar-refractivity contribution in [3.8, 4) is 11.4 Å². The van der Waals surface area contributed by atoms with Gasteiger partial charge in [-0.1, -0.05) is 13.0 Å². The minimum absolute atomic E-state index is 0.161. The lowest BCUT2D eigenvalue weighted by atomic mass is 10.2. The van der Waals surface area contributed by atoms with Crippen molar-refractivity contribution in [1.29, 1.82) is 0 Å². The Morgan fingerprint density at radius 1 is 1.42 bits per heavy atom. The lowest BCUT2D eigenvalue weighted by Crippen LogP contribution is -2.31. The molecule has 0 bridgehead atoms. The van der Waals surface area contributed by atoms with Crippen LogP contribution < -0.4 is 10.6 Å². The maximum absolute atomic E-state index is 12.1. The van der Waals surface area contributed by atoms with Crippen LogP contribution in [0.5, 0.6) is 0 Å². The molecular weight excluding hydrogens is 324 g/mol. The molecule has 3 rings (SSSR count). The second-order valence-electron chi connectivity index (χ2n) is 5.44. The summed E-state index contributed by atoms with van der Waals surface area (Å²) in [6, 6.07) is 5.28. The average Bonchev–Trinajstić information content (AvgIpc) is 3.22. The molecule has 2 amide bonds. The molecule has 3 heterocycles. The molecule has 0 aliphatic heterocycles. The van der Waals surface area contributed by atoms with E-state index in [2.05, 4.69) is 30.8 Å². The number of carbonyl (C=O) groups is 1. The van der Waals surface area contributed by atoms with Crippen molar-refractivity contribution < 1.29 is 4.79 Å². The van der Waals surface area contributed by atoms with Crippen LogP contribution in [0.25, 0.3) is 11.4 Å². The van der Waals surface area contributed by atoms with Crippen LogP contribution in [-0.2, 0) is 0 Å². The van der Waals surface area contributed by atoms with Crippen molar-refractivity contribution in [2.75, 3.05) is 11.9 Å². The monoisotopic (exact) mass is 342 g/mol. The molecule has 0 aliphatic carbocycles. The summed E-state index contributed by atoms with van der Waals surface area (Å²) in [5.74, 6) is 0.161. The van der Waals surface area contributed by atoms with Crippen molar-refractivity contribution in [3.05, 3.63) is 46.7 Å². The largest absolute Gasteiger partial charge is 0.337 e. The molecule has 124 valence electrons. The fourth-order valence-electron chi connectivity index (χ4n) is 2.18.